The van der Waals surface area contributed by atoms with Crippen molar-refractivity contribution in [1.82, 2.24) is 4.57 Å². The lowest BCUT2D eigenvalue weighted by Gasteiger charge is -2.16. The maximum atomic E-state index is 12.4. The summed E-state index contributed by atoms with van der Waals surface area (Å²) >= 11 is 0. The van der Waals surface area contributed by atoms with Gasteiger partial charge in [0.1, 0.15) is 0 Å². The SMILES string of the molecule is CCNc1cccc(C)c1-c1cn(C)c(=O)c2ccccc12. The summed E-state index contributed by atoms with van der Waals surface area (Å²) in [7, 11) is 1.81. The summed E-state index contributed by atoms with van der Waals surface area (Å²) in [6, 6.07) is 14.1. The molecule has 0 aliphatic heterocycles. The highest BCUT2D eigenvalue weighted by Gasteiger charge is 2.13. The summed E-state index contributed by atoms with van der Waals surface area (Å²) in [6.45, 7) is 5.06. The Bertz CT molecular complexity index is 894. The molecular formula is C19H20N2O. The van der Waals surface area contributed by atoms with Crippen LogP contribution in [0.4, 0.5) is 5.69 Å². The van der Waals surface area contributed by atoms with Gasteiger partial charge in [0.15, 0.2) is 0 Å². The highest BCUT2D eigenvalue weighted by Crippen LogP contribution is 2.35. The Labute approximate surface area is 130 Å². The Balaban J connectivity index is 2.42. The number of hydrogen-bond donors (Lipinski definition) is 1. The first-order chi connectivity index (χ1) is 10.6. The third-order valence-corrected chi connectivity index (χ3v) is 4.00. The molecule has 0 fully saturated rings. The third-order valence-electron chi connectivity index (χ3n) is 4.00. The van der Waals surface area contributed by atoms with E-state index in [-0.39, 0.29) is 5.56 Å². The average molecular weight is 292 g/mol. The standard InChI is InChI=1S/C19H20N2O/c1-4-20-17-11-7-8-13(2)18(17)16-12-21(3)19(22)15-10-6-5-9-14(15)16/h5-12,20H,4H2,1-3H3. The van der Waals surface area contributed by atoms with Crippen molar-refractivity contribution in [3.05, 3.63) is 64.6 Å². The Kier molecular flexibility index (Phi) is 3.72. The average Bonchev–Trinajstić information content (AvgIpc) is 2.52. The highest BCUT2D eigenvalue weighted by atomic mass is 16.1. The molecule has 0 amide bonds. The molecule has 1 heterocycles. The molecule has 112 valence electrons. The second-order valence-electron chi connectivity index (χ2n) is 5.53. The fourth-order valence-corrected chi connectivity index (χ4v) is 2.98. The molecule has 0 spiro atoms. The Hall–Kier alpha value is -2.55. The first-order valence-electron chi connectivity index (χ1n) is 7.55. The second-order valence-corrected chi connectivity index (χ2v) is 5.53. The van der Waals surface area contributed by atoms with Crippen LogP contribution in [0, 0.1) is 6.92 Å². The van der Waals surface area contributed by atoms with Gasteiger partial charge in [-0.3, -0.25) is 4.79 Å². The van der Waals surface area contributed by atoms with Crippen LogP contribution in [-0.2, 0) is 7.05 Å². The quantitative estimate of drug-likeness (QED) is 0.793. The molecule has 0 bridgehead atoms. The zero-order valence-corrected chi connectivity index (χ0v) is 13.2. The number of fused-ring (bicyclic) bond motifs is 1. The Morgan fingerprint density at radius 2 is 1.77 bits per heavy atom. The van der Waals surface area contributed by atoms with Crippen LogP contribution in [-0.4, -0.2) is 11.1 Å². The topological polar surface area (TPSA) is 34.0 Å². The number of aryl methyl sites for hydroxylation is 2. The normalized spacial score (nSPS) is 10.9. The zero-order valence-electron chi connectivity index (χ0n) is 13.2. The number of aromatic nitrogens is 1. The fraction of sp³-hybridized carbons (Fsp3) is 0.211. The minimum Gasteiger partial charge on any atom is -0.385 e. The largest absolute Gasteiger partial charge is 0.385 e. The van der Waals surface area contributed by atoms with Gasteiger partial charge in [-0.2, -0.15) is 0 Å². The first-order valence-corrected chi connectivity index (χ1v) is 7.55. The minimum atomic E-state index is 0.0398. The van der Waals surface area contributed by atoms with E-state index in [1.807, 2.05) is 37.5 Å². The fourth-order valence-electron chi connectivity index (χ4n) is 2.98. The van der Waals surface area contributed by atoms with Crippen molar-refractivity contribution in [2.75, 3.05) is 11.9 Å². The molecule has 3 heteroatoms. The van der Waals surface area contributed by atoms with E-state index >= 15 is 0 Å². The van der Waals surface area contributed by atoms with Gasteiger partial charge in [0.05, 0.1) is 0 Å². The lowest BCUT2D eigenvalue weighted by Crippen LogP contribution is -2.16. The molecule has 2 aromatic carbocycles. The van der Waals surface area contributed by atoms with Crippen LogP contribution < -0.4 is 10.9 Å². The number of nitrogens with zero attached hydrogens (tertiary/aromatic N) is 1. The van der Waals surface area contributed by atoms with Gasteiger partial charge in [0, 0.05) is 42.0 Å². The van der Waals surface area contributed by atoms with Crippen LogP contribution in [0.2, 0.25) is 0 Å². The lowest BCUT2D eigenvalue weighted by molar-refractivity contribution is 0.874. The Morgan fingerprint density at radius 1 is 1.05 bits per heavy atom. The number of rotatable bonds is 3. The summed E-state index contributed by atoms with van der Waals surface area (Å²) in [6.07, 6.45) is 1.94. The molecule has 0 aliphatic carbocycles. The molecule has 3 aromatic rings. The molecule has 0 saturated carbocycles. The predicted octanol–water partition coefficient (Wildman–Crippen LogP) is 3.95. The zero-order chi connectivity index (χ0) is 15.7. The molecule has 0 radical (unpaired) electrons. The van der Waals surface area contributed by atoms with Crippen LogP contribution in [0.15, 0.2) is 53.5 Å². The lowest BCUT2D eigenvalue weighted by atomic mass is 9.95. The van der Waals surface area contributed by atoms with Gasteiger partial charge in [-0.25, -0.2) is 0 Å². The summed E-state index contributed by atoms with van der Waals surface area (Å²) in [5.41, 5.74) is 4.59. The van der Waals surface area contributed by atoms with Gasteiger partial charge >= 0.3 is 0 Å². The highest BCUT2D eigenvalue weighted by molar-refractivity contribution is 5.99. The van der Waals surface area contributed by atoms with Crippen LogP contribution in [0.3, 0.4) is 0 Å². The van der Waals surface area contributed by atoms with Crippen molar-refractivity contribution >= 4 is 16.5 Å². The number of benzene rings is 2. The van der Waals surface area contributed by atoms with E-state index in [9.17, 15) is 4.79 Å². The van der Waals surface area contributed by atoms with Crippen molar-refractivity contribution in [3.63, 3.8) is 0 Å². The van der Waals surface area contributed by atoms with Crippen LogP contribution in [0.25, 0.3) is 21.9 Å². The van der Waals surface area contributed by atoms with E-state index in [0.717, 1.165) is 34.1 Å². The van der Waals surface area contributed by atoms with Crippen molar-refractivity contribution in [1.29, 1.82) is 0 Å². The summed E-state index contributed by atoms with van der Waals surface area (Å²) < 4.78 is 1.67. The summed E-state index contributed by atoms with van der Waals surface area (Å²) in [5, 5.41) is 5.18. The number of anilines is 1. The number of nitrogens with one attached hydrogen (secondary N) is 1. The van der Waals surface area contributed by atoms with Gasteiger partial charge in [0.2, 0.25) is 0 Å². The number of hydrogen-bond acceptors (Lipinski definition) is 2. The maximum absolute atomic E-state index is 12.4. The molecule has 3 rings (SSSR count). The number of pyridine rings is 1. The predicted molar refractivity (Wildman–Crippen MR) is 93.5 cm³/mol. The van der Waals surface area contributed by atoms with E-state index < -0.39 is 0 Å². The van der Waals surface area contributed by atoms with Gasteiger partial charge in [-0.15, -0.1) is 0 Å². The molecule has 0 aliphatic rings. The second kappa shape index (κ2) is 5.68. The van der Waals surface area contributed by atoms with Gasteiger partial charge in [-0.1, -0.05) is 30.3 Å². The third kappa shape index (κ3) is 2.29. The maximum Gasteiger partial charge on any atom is 0.258 e. The molecule has 1 N–H and O–H groups in total. The van der Waals surface area contributed by atoms with Crippen molar-refractivity contribution < 1.29 is 0 Å². The van der Waals surface area contributed by atoms with Gasteiger partial charge < -0.3 is 9.88 Å². The molecule has 0 atom stereocenters. The van der Waals surface area contributed by atoms with E-state index in [0.29, 0.717) is 0 Å². The van der Waals surface area contributed by atoms with Crippen LogP contribution in [0.1, 0.15) is 12.5 Å². The first kappa shape index (κ1) is 14.4. The van der Waals surface area contributed by atoms with Crippen molar-refractivity contribution in [2.45, 2.75) is 13.8 Å². The van der Waals surface area contributed by atoms with E-state index in [4.69, 9.17) is 0 Å². The summed E-state index contributed by atoms with van der Waals surface area (Å²) in [5.74, 6) is 0. The van der Waals surface area contributed by atoms with Gasteiger partial charge in [0.25, 0.3) is 5.56 Å². The molecule has 1 aromatic heterocycles. The van der Waals surface area contributed by atoms with Gasteiger partial charge in [-0.05, 0) is 36.9 Å². The monoisotopic (exact) mass is 292 g/mol. The van der Waals surface area contributed by atoms with Crippen LogP contribution >= 0.6 is 0 Å². The molecule has 0 unspecified atom stereocenters. The van der Waals surface area contributed by atoms with Crippen molar-refractivity contribution in [3.8, 4) is 11.1 Å². The Morgan fingerprint density at radius 3 is 2.50 bits per heavy atom. The van der Waals surface area contributed by atoms with Crippen LogP contribution in [0.5, 0.6) is 0 Å². The molecular weight excluding hydrogens is 272 g/mol. The van der Waals surface area contributed by atoms with E-state index in [2.05, 4.69) is 37.4 Å². The molecule has 3 nitrogen and oxygen atoms in total. The van der Waals surface area contributed by atoms with E-state index in [1.54, 1.807) is 4.57 Å². The smallest absolute Gasteiger partial charge is 0.258 e. The minimum absolute atomic E-state index is 0.0398. The molecule has 22 heavy (non-hydrogen) atoms. The van der Waals surface area contributed by atoms with Crippen molar-refractivity contribution in [2.24, 2.45) is 7.05 Å². The summed E-state index contributed by atoms with van der Waals surface area (Å²) in [4.78, 5) is 12.4. The molecule has 0 saturated heterocycles. The van der Waals surface area contributed by atoms with E-state index in [1.165, 1.54) is 5.56 Å².